The SMILES string of the molecule is COc1cc(Nc2nc(-c3ccc4c(c3)CN=C4)cn3ccnc23)ccc1N1CC[C@@](C)(O)C1. The van der Waals surface area contributed by atoms with Crippen molar-refractivity contribution in [2.24, 2.45) is 4.99 Å². The van der Waals surface area contributed by atoms with Gasteiger partial charge in [-0.15, -0.1) is 0 Å². The van der Waals surface area contributed by atoms with Crippen LogP contribution in [-0.2, 0) is 6.54 Å². The fourth-order valence-corrected chi connectivity index (χ4v) is 4.73. The van der Waals surface area contributed by atoms with Gasteiger partial charge in [-0.25, -0.2) is 9.97 Å². The summed E-state index contributed by atoms with van der Waals surface area (Å²) in [5.74, 6) is 1.41. The van der Waals surface area contributed by atoms with Gasteiger partial charge in [0, 0.05) is 55.2 Å². The normalized spacial score (nSPS) is 19.1. The number of aromatic nitrogens is 3. The number of anilines is 3. The summed E-state index contributed by atoms with van der Waals surface area (Å²) in [7, 11) is 1.67. The van der Waals surface area contributed by atoms with E-state index in [1.807, 2.05) is 48.1 Å². The Kier molecular flexibility index (Phi) is 4.77. The predicted octanol–water partition coefficient (Wildman–Crippen LogP) is 4.04. The molecular weight excluding hydrogens is 428 g/mol. The van der Waals surface area contributed by atoms with Crippen LogP contribution in [0.4, 0.5) is 17.2 Å². The van der Waals surface area contributed by atoms with Crippen LogP contribution in [0.25, 0.3) is 16.9 Å². The average molecular weight is 455 g/mol. The molecule has 0 saturated carbocycles. The van der Waals surface area contributed by atoms with Crippen LogP contribution < -0.4 is 15.0 Å². The fourth-order valence-electron chi connectivity index (χ4n) is 4.73. The second kappa shape index (κ2) is 7.85. The van der Waals surface area contributed by atoms with Crippen molar-refractivity contribution in [3.05, 3.63) is 66.1 Å². The van der Waals surface area contributed by atoms with Crippen molar-refractivity contribution >= 4 is 29.1 Å². The Bertz CT molecular complexity index is 1420. The van der Waals surface area contributed by atoms with Crippen molar-refractivity contribution in [3.63, 3.8) is 0 Å². The molecule has 2 aromatic heterocycles. The van der Waals surface area contributed by atoms with E-state index in [0.717, 1.165) is 52.6 Å². The van der Waals surface area contributed by atoms with E-state index in [4.69, 9.17) is 9.72 Å². The number of aliphatic hydroxyl groups is 1. The van der Waals surface area contributed by atoms with E-state index in [1.54, 1.807) is 13.3 Å². The molecule has 4 heterocycles. The molecule has 0 bridgehead atoms. The summed E-state index contributed by atoms with van der Waals surface area (Å²) in [5, 5.41) is 13.8. The summed E-state index contributed by atoms with van der Waals surface area (Å²) in [6.07, 6.45) is 8.34. The van der Waals surface area contributed by atoms with Crippen molar-refractivity contribution in [2.75, 3.05) is 30.4 Å². The summed E-state index contributed by atoms with van der Waals surface area (Å²) in [5.41, 5.74) is 6.15. The number of rotatable bonds is 5. The van der Waals surface area contributed by atoms with Crippen LogP contribution in [-0.4, -0.2) is 51.5 Å². The Morgan fingerprint density at radius 3 is 2.91 bits per heavy atom. The summed E-state index contributed by atoms with van der Waals surface area (Å²) in [6, 6.07) is 12.3. The molecule has 34 heavy (non-hydrogen) atoms. The lowest BCUT2D eigenvalue weighted by Gasteiger charge is -2.23. The van der Waals surface area contributed by atoms with Crippen LogP contribution in [0.1, 0.15) is 24.5 Å². The molecule has 0 unspecified atom stereocenters. The highest BCUT2D eigenvalue weighted by molar-refractivity contribution is 5.86. The Hall–Kier alpha value is -3.91. The molecule has 0 aliphatic carbocycles. The Labute approximate surface area is 197 Å². The Balaban J connectivity index is 1.34. The van der Waals surface area contributed by atoms with Crippen molar-refractivity contribution in [1.82, 2.24) is 14.4 Å². The third-order valence-corrected chi connectivity index (χ3v) is 6.54. The van der Waals surface area contributed by atoms with E-state index in [0.29, 0.717) is 18.9 Å². The number of hydrogen-bond donors (Lipinski definition) is 2. The van der Waals surface area contributed by atoms with Gasteiger partial charge in [0.15, 0.2) is 11.5 Å². The zero-order valence-electron chi connectivity index (χ0n) is 19.2. The lowest BCUT2D eigenvalue weighted by atomic mass is 10.0. The van der Waals surface area contributed by atoms with Gasteiger partial charge in [0.2, 0.25) is 0 Å². The first-order valence-electron chi connectivity index (χ1n) is 11.4. The summed E-state index contributed by atoms with van der Waals surface area (Å²) in [6.45, 7) is 3.96. The zero-order valence-corrected chi connectivity index (χ0v) is 19.2. The molecule has 1 fully saturated rings. The van der Waals surface area contributed by atoms with Gasteiger partial charge < -0.3 is 24.5 Å². The topological polar surface area (TPSA) is 87.3 Å². The minimum absolute atomic E-state index is 0.584. The average Bonchev–Trinajstić information content (AvgIpc) is 3.57. The molecule has 0 radical (unpaired) electrons. The maximum Gasteiger partial charge on any atom is 0.180 e. The van der Waals surface area contributed by atoms with Gasteiger partial charge in [-0.2, -0.15) is 0 Å². The van der Waals surface area contributed by atoms with Crippen LogP contribution >= 0.6 is 0 Å². The number of ether oxygens (including phenoxy) is 1. The first-order valence-corrected chi connectivity index (χ1v) is 11.4. The van der Waals surface area contributed by atoms with E-state index in [-0.39, 0.29) is 0 Å². The van der Waals surface area contributed by atoms with Gasteiger partial charge in [-0.1, -0.05) is 12.1 Å². The van der Waals surface area contributed by atoms with E-state index >= 15 is 0 Å². The van der Waals surface area contributed by atoms with Gasteiger partial charge >= 0.3 is 0 Å². The molecule has 2 aliphatic heterocycles. The first-order chi connectivity index (χ1) is 16.5. The van der Waals surface area contributed by atoms with Crippen LogP contribution in [0.5, 0.6) is 5.75 Å². The molecule has 2 aromatic carbocycles. The van der Waals surface area contributed by atoms with E-state index < -0.39 is 5.60 Å². The summed E-state index contributed by atoms with van der Waals surface area (Å²) >= 11 is 0. The maximum absolute atomic E-state index is 10.4. The van der Waals surface area contributed by atoms with Crippen molar-refractivity contribution in [3.8, 4) is 17.0 Å². The van der Waals surface area contributed by atoms with Crippen LogP contribution in [0.3, 0.4) is 0 Å². The molecular formula is C26H26N6O2. The smallest absolute Gasteiger partial charge is 0.180 e. The number of β-amino-alcohol motifs (C(OH)–C–C–N with tert-alkyl or cyclic N) is 1. The number of imidazole rings is 1. The Morgan fingerprint density at radius 2 is 2.09 bits per heavy atom. The largest absolute Gasteiger partial charge is 0.495 e. The quantitative estimate of drug-likeness (QED) is 0.473. The van der Waals surface area contributed by atoms with Crippen molar-refractivity contribution < 1.29 is 9.84 Å². The van der Waals surface area contributed by atoms with Gasteiger partial charge in [0.05, 0.1) is 30.6 Å². The van der Waals surface area contributed by atoms with Gasteiger partial charge in [-0.3, -0.25) is 4.99 Å². The van der Waals surface area contributed by atoms with Crippen molar-refractivity contribution in [1.29, 1.82) is 0 Å². The second-order valence-corrected chi connectivity index (χ2v) is 9.20. The number of nitrogens with one attached hydrogen (secondary N) is 1. The van der Waals surface area contributed by atoms with Crippen LogP contribution in [0.15, 0.2) is 60.0 Å². The number of benzene rings is 2. The molecule has 2 aliphatic rings. The molecule has 0 amide bonds. The molecule has 1 atom stereocenters. The highest BCUT2D eigenvalue weighted by atomic mass is 16.5. The number of methoxy groups -OCH3 is 1. The highest BCUT2D eigenvalue weighted by Crippen LogP contribution is 2.36. The van der Waals surface area contributed by atoms with E-state index in [9.17, 15) is 5.11 Å². The van der Waals surface area contributed by atoms with Gasteiger partial charge in [0.25, 0.3) is 0 Å². The zero-order chi connectivity index (χ0) is 23.3. The number of nitrogens with zero attached hydrogens (tertiary/aromatic N) is 5. The van der Waals surface area contributed by atoms with E-state index in [2.05, 4.69) is 38.4 Å². The Morgan fingerprint density at radius 1 is 1.18 bits per heavy atom. The molecule has 8 heteroatoms. The summed E-state index contributed by atoms with van der Waals surface area (Å²) in [4.78, 5) is 15.9. The highest BCUT2D eigenvalue weighted by Gasteiger charge is 2.32. The predicted molar refractivity (Wildman–Crippen MR) is 133 cm³/mol. The van der Waals surface area contributed by atoms with Gasteiger partial charge in [-0.05, 0) is 42.7 Å². The van der Waals surface area contributed by atoms with Gasteiger partial charge in [0.1, 0.15) is 5.75 Å². The van der Waals surface area contributed by atoms with E-state index in [1.165, 1.54) is 5.56 Å². The third-order valence-electron chi connectivity index (χ3n) is 6.54. The standard InChI is InChI=1S/C26H26N6O2/c1-26(33)7-9-32(16-26)22-6-5-20(12-23(22)34-2)29-24-25-28-8-10-31(25)15-21(30-24)17-3-4-18-13-27-14-19(18)11-17/h3-6,8,10-13,15,33H,7,9,14,16H2,1-2H3,(H,29,30)/t26-/m1/s1. The third kappa shape index (κ3) is 3.66. The maximum atomic E-state index is 10.4. The monoisotopic (exact) mass is 454 g/mol. The minimum atomic E-state index is -0.678. The molecule has 4 aromatic rings. The molecule has 1 saturated heterocycles. The number of fused-ring (bicyclic) bond motifs is 2. The summed E-state index contributed by atoms with van der Waals surface area (Å²) < 4.78 is 7.67. The number of aliphatic imine (C=N–C) groups is 1. The van der Waals surface area contributed by atoms with Crippen LogP contribution in [0.2, 0.25) is 0 Å². The number of hydrogen-bond acceptors (Lipinski definition) is 7. The fraction of sp³-hybridized carbons (Fsp3) is 0.269. The molecule has 6 rings (SSSR count). The molecule has 0 spiro atoms. The lowest BCUT2D eigenvalue weighted by Crippen LogP contribution is -2.29. The molecule has 2 N–H and O–H groups in total. The molecule has 8 nitrogen and oxygen atoms in total. The minimum Gasteiger partial charge on any atom is -0.495 e. The first kappa shape index (κ1) is 20.7. The van der Waals surface area contributed by atoms with Crippen molar-refractivity contribution in [2.45, 2.75) is 25.5 Å². The lowest BCUT2D eigenvalue weighted by molar-refractivity contribution is 0.0839. The molecule has 172 valence electrons. The second-order valence-electron chi connectivity index (χ2n) is 9.20. The van der Waals surface area contributed by atoms with Crippen LogP contribution in [0, 0.1) is 0 Å².